The van der Waals surface area contributed by atoms with E-state index in [0.29, 0.717) is 11.1 Å². The Kier molecular flexibility index (Phi) is 4.66. The van der Waals surface area contributed by atoms with E-state index in [1.807, 2.05) is 6.92 Å². The molecule has 0 aromatic heterocycles. The molecule has 7 nitrogen and oxygen atoms in total. The van der Waals surface area contributed by atoms with E-state index in [1.54, 1.807) is 0 Å². The zero-order valence-corrected chi connectivity index (χ0v) is 13.7. The fourth-order valence-electron chi connectivity index (χ4n) is 2.16. The Morgan fingerprint density at radius 2 is 2.24 bits per heavy atom. The van der Waals surface area contributed by atoms with Gasteiger partial charge in [-0.1, -0.05) is 15.9 Å². The van der Waals surface area contributed by atoms with Crippen molar-refractivity contribution in [2.24, 2.45) is 0 Å². The van der Waals surface area contributed by atoms with E-state index < -0.39 is 26.2 Å². The third-order valence-corrected chi connectivity index (χ3v) is 5.27. The second kappa shape index (κ2) is 5.99. The average Bonchev–Trinajstić information content (AvgIpc) is 2.84. The highest BCUT2D eigenvalue weighted by molar-refractivity contribution is 9.10. The van der Waals surface area contributed by atoms with Crippen LogP contribution < -0.4 is 4.72 Å². The Hall–Kier alpha value is -1.03. The molecule has 9 heteroatoms. The van der Waals surface area contributed by atoms with Gasteiger partial charge in [-0.05, 0) is 31.9 Å². The minimum atomic E-state index is -3.99. The van der Waals surface area contributed by atoms with E-state index in [4.69, 9.17) is 4.74 Å². The zero-order chi connectivity index (χ0) is 15.7. The number of nitrogens with zero attached hydrogens (tertiary/aromatic N) is 1. The van der Waals surface area contributed by atoms with Crippen LogP contribution in [0.1, 0.15) is 19.8 Å². The molecule has 0 saturated carbocycles. The van der Waals surface area contributed by atoms with Gasteiger partial charge < -0.3 is 4.74 Å². The number of halogens is 1. The molecule has 1 fully saturated rings. The fraction of sp³-hybridized carbons (Fsp3) is 0.500. The third-order valence-electron chi connectivity index (χ3n) is 3.34. The van der Waals surface area contributed by atoms with Crippen LogP contribution in [0.25, 0.3) is 0 Å². The Balaban J connectivity index is 2.27. The molecule has 1 aromatic carbocycles. The van der Waals surface area contributed by atoms with E-state index in [2.05, 4.69) is 20.7 Å². The van der Waals surface area contributed by atoms with Gasteiger partial charge in [0.1, 0.15) is 0 Å². The lowest BCUT2D eigenvalue weighted by Gasteiger charge is -2.23. The predicted octanol–water partition coefficient (Wildman–Crippen LogP) is 2.20. The van der Waals surface area contributed by atoms with Crippen molar-refractivity contribution in [2.45, 2.75) is 30.3 Å². The Morgan fingerprint density at radius 1 is 1.52 bits per heavy atom. The first-order valence-electron chi connectivity index (χ1n) is 6.31. The van der Waals surface area contributed by atoms with E-state index >= 15 is 0 Å². The van der Waals surface area contributed by atoms with Crippen molar-refractivity contribution in [2.75, 3.05) is 13.2 Å². The lowest BCUT2D eigenvalue weighted by Crippen LogP contribution is -2.40. The van der Waals surface area contributed by atoms with Crippen molar-refractivity contribution in [3.8, 4) is 0 Å². The van der Waals surface area contributed by atoms with E-state index in [1.165, 1.54) is 12.1 Å². The van der Waals surface area contributed by atoms with Crippen molar-refractivity contribution >= 4 is 31.6 Å². The molecule has 21 heavy (non-hydrogen) atoms. The number of benzene rings is 1. The third kappa shape index (κ3) is 3.79. The van der Waals surface area contributed by atoms with Crippen molar-refractivity contribution < 1.29 is 18.1 Å². The topological polar surface area (TPSA) is 98.5 Å². The summed E-state index contributed by atoms with van der Waals surface area (Å²) in [6.07, 6.45) is 1.62. The largest absolute Gasteiger partial charge is 0.374 e. The Bertz CT molecular complexity index is 656. The molecular weight excluding hydrogens is 364 g/mol. The average molecular weight is 379 g/mol. The van der Waals surface area contributed by atoms with Gasteiger partial charge in [-0.25, -0.2) is 13.1 Å². The van der Waals surface area contributed by atoms with Crippen molar-refractivity contribution in [1.29, 1.82) is 0 Å². The highest BCUT2D eigenvalue weighted by atomic mass is 79.9. The first-order chi connectivity index (χ1) is 9.73. The van der Waals surface area contributed by atoms with Gasteiger partial charge in [-0.15, -0.1) is 0 Å². The molecule has 1 unspecified atom stereocenters. The number of rotatable bonds is 5. The van der Waals surface area contributed by atoms with Crippen molar-refractivity contribution in [3.05, 3.63) is 32.8 Å². The van der Waals surface area contributed by atoms with Crippen LogP contribution in [0.5, 0.6) is 0 Å². The number of ether oxygens (including phenoxy) is 1. The summed E-state index contributed by atoms with van der Waals surface area (Å²) in [6, 6.07) is 3.81. The lowest BCUT2D eigenvalue weighted by molar-refractivity contribution is -0.387. The molecule has 0 radical (unpaired) electrons. The number of hydrogen-bond donors (Lipinski definition) is 1. The molecule has 0 bridgehead atoms. The summed E-state index contributed by atoms with van der Waals surface area (Å²) in [4.78, 5) is 9.91. The van der Waals surface area contributed by atoms with Crippen LogP contribution >= 0.6 is 15.9 Å². The van der Waals surface area contributed by atoms with Crippen LogP contribution in [0, 0.1) is 10.1 Å². The van der Waals surface area contributed by atoms with Gasteiger partial charge in [0, 0.05) is 23.7 Å². The molecule has 0 spiro atoms. The molecule has 1 heterocycles. The SMILES string of the molecule is CC1(CNS(=O)(=O)c2cc(Br)ccc2[N+](=O)[O-])CCCO1. The van der Waals surface area contributed by atoms with Gasteiger partial charge in [0.2, 0.25) is 10.0 Å². The maximum atomic E-state index is 12.3. The minimum absolute atomic E-state index is 0.0823. The molecular formula is C12H15BrN2O5S. The number of hydrogen-bond acceptors (Lipinski definition) is 5. The quantitative estimate of drug-likeness (QED) is 0.625. The summed E-state index contributed by atoms with van der Waals surface area (Å²) >= 11 is 3.13. The highest BCUT2D eigenvalue weighted by Crippen LogP contribution is 2.28. The van der Waals surface area contributed by atoms with Gasteiger partial charge in [-0.3, -0.25) is 10.1 Å². The lowest BCUT2D eigenvalue weighted by atomic mass is 10.0. The maximum absolute atomic E-state index is 12.3. The number of nitro benzene ring substituents is 1. The molecule has 1 saturated heterocycles. The first-order valence-corrected chi connectivity index (χ1v) is 8.59. The molecule has 1 aliphatic rings. The Morgan fingerprint density at radius 3 is 2.81 bits per heavy atom. The van der Waals surface area contributed by atoms with Gasteiger partial charge in [0.25, 0.3) is 5.69 Å². The zero-order valence-electron chi connectivity index (χ0n) is 11.3. The van der Waals surface area contributed by atoms with E-state index in [9.17, 15) is 18.5 Å². The molecule has 2 rings (SSSR count). The Labute approximate surface area is 131 Å². The number of nitrogens with one attached hydrogen (secondary N) is 1. The van der Waals surface area contributed by atoms with E-state index in [-0.39, 0.29) is 11.4 Å². The summed E-state index contributed by atoms with van der Waals surface area (Å²) in [5.41, 5.74) is -1.02. The fourth-order valence-corrected chi connectivity index (χ4v) is 4.02. The van der Waals surface area contributed by atoms with Crippen LogP contribution in [-0.4, -0.2) is 32.1 Å². The summed E-state index contributed by atoms with van der Waals surface area (Å²) in [5.74, 6) is 0. The second-order valence-electron chi connectivity index (χ2n) is 5.10. The number of nitro groups is 1. The molecule has 0 aliphatic carbocycles. The molecule has 1 aliphatic heterocycles. The normalized spacial score (nSPS) is 22.4. The predicted molar refractivity (Wildman–Crippen MR) is 79.6 cm³/mol. The van der Waals surface area contributed by atoms with Gasteiger partial charge in [0.05, 0.1) is 10.5 Å². The second-order valence-corrected chi connectivity index (χ2v) is 7.75. The molecule has 0 amide bonds. The van der Waals surface area contributed by atoms with Gasteiger partial charge in [-0.2, -0.15) is 0 Å². The summed E-state index contributed by atoms with van der Waals surface area (Å²) in [5, 5.41) is 11.0. The smallest absolute Gasteiger partial charge is 0.289 e. The molecule has 1 atom stereocenters. The summed E-state index contributed by atoms with van der Waals surface area (Å²) in [7, 11) is -3.99. The summed E-state index contributed by atoms with van der Waals surface area (Å²) < 4.78 is 33.0. The minimum Gasteiger partial charge on any atom is -0.374 e. The molecule has 1 N–H and O–H groups in total. The van der Waals surface area contributed by atoms with Gasteiger partial charge in [0.15, 0.2) is 4.90 Å². The summed E-state index contributed by atoms with van der Waals surface area (Å²) in [6.45, 7) is 2.49. The standard InChI is InChI=1S/C12H15BrN2O5S/c1-12(5-2-6-20-12)8-14-21(18,19)11-7-9(13)3-4-10(11)15(16)17/h3-4,7,14H,2,5-6,8H2,1H3. The maximum Gasteiger partial charge on any atom is 0.289 e. The molecule has 116 valence electrons. The van der Waals surface area contributed by atoms with Crippen molar-refractivity contribution in [1.82, 2.24) is 4.72 Å². The van der Waals surface area contributed by atoms with Crippen molar-refractivity contribution in [3.63, 3.8) is 0 Å². The van der Waals surface area contributed by atoms with Crippen LogP contribution in [0.2, 0.25) is 0 Å². The van der Waals surface area contributed by atoms with Crippen LogP contribution in [0.4, 0.5) is 5.69 Å². The van der Waals surface area contributed by atoms with Crippen LogP contribution in [0.3, 0.4) is 0 Å². The van der Waals surface area contributed by atoms with Crippen LogP contribution in [-0.2, 0) is 14.8 Å². The first kappa shape index (κ1) is 16.3. The molecule has 1 aromatic rings. The monoisotopic (exact) mass is 378 g/mol. The van der Waals surface area contributed by atoms with E-state index in [0.717, 1.165) is 18.9 Å². The number of sulfonamides is 1. The highest BCUT2D eigenvalue weighted by Gasteiger charge is 2.33. The van der Waals surface area contributed by atoms with Gasteiger partial charge >= 0.3 is 0 Å². The van der Waals surface area contributed by atoms with Crippen LogP contribution in [0.15, 0.2) is 27.6 Å².